The molecule has 120 valence electrons. The number of rotatable bonds is 6. The van der Waals surface area contributed by atoms with E-state index in [0.717, 1.165) is 5.56 Å². The van der Waals surface area contributed by atoms with Crippen LogP contribution in [0.15, 0.2) is 48.5 Å². The van der Waals surface area contributed by atoms with E-state index >= 15 is 0 Å². The van der Waals surface area contributed by atoms with Gasteiger partial charge in [-0.25, -0.2) is 4.79 Å². The van der Waals surface area contributed by atoms with Crippen molar-refractivity contribution in [3.63, 3.8) is 0 Å². The van der Waals surface area contributed by atoms with Crippen molar-refractivity contribution in [3.8, 4) is 0 Å². The Kier molecular flexibility index (Phi) is 5.57. The molecule has 0 spiro atoms. The highest BCUT2D eigenvalue weighted by Crippen LogP contribution is 2.25. The molecular weight excluding hydrogens is 292 g/mol. The zero-order valence-corrected chi connectivity index (χ0v) is 13.1. The second-order valence-corrected chi connectivity index (χ2v) is 5.00. The van der Waals surface area contributed by atoms with E-state index < -0.39 is 0 Å². The Labute approximate surface area is 135 Å². The molecule has 0 fully saturated rings. The number of anilines is 3. The third-order valence-corrected chi connectivity index (χ3v) is 3.41. The largest absolute Gasteiger partial charge is 0.386 e. The van der Waals surface area contributed by atoms with Crippen LogP contribution in [-0.4, -0.2) is 19.5 Å². The molecule has 0 aliphatic carbocycles. The molecule has 0 unspecified atom stereocenters. The van der Waals surface area contributed by atoms with E-state index in [1.54, 1.807) is 25.2 Å². The lowest BCUT2D eigenvalue weighted by Gasteiger charge is -2.16. The molecule has 23 heavy (non-hydrogen) atoms. The van der Waals surface area contributed by atoms with Crippen molar-refractivity contribution in [2.45, 2.75) is 13.0 Å². The van der Waals surface area contributed by atoms with Gasteiger partial charge < -0.3 is 21.3 Å². The van der Waals surface area contributed by atoms with Crippen LogP contribution < -0.4 is 21.3 Å². The first-order valence-electron chi connectivity index (χ1n) is 7.28. The van der Waals surface area contributed by atoms with Gasteiger partial charge in [-0.2, -0.15) is 0 Å². The second kappa shape index (κ2) is 7.84. The smallest absolute Gasteiger partial charge is 0.319 e. The van der Waals surface area contributed by atoms with E-state index in [1.165, 1.54) is 0 Å². The number of hydrogen-bond acceptors (Lipinski definition) is 3. The van der Waals surface area contributed by atoms with Gasteiger partial charge >= 0.3 is 6.03 Å². The second-order valence-electron chi connectivity index (χ2n) is 5.00. The third kappa shape index (κ3) is 4.47. The molecule has 3 amide bonds. The van der Waals surface area contributed by atoms with Crippen LogP contribution in [0.5, 0.6) is 0 Å². The Hall–Kier alpha value is -3.02. The van der Waals surface area contributed by atoms with E-state index in [0.29, 0.717) is 23.5 Å². The number of carbonyl (C=O) groups excluding carboxylic acids is 2. The lowest BCUT2D eigenvalue weighted by Crippen LogP contribution is -2.31. The maximum atomic E-state index is 12.1. The predicted octanol–water partition coefficient (Wildman–Crippen LogP) is 3.18. The lowest BCUT2D eigenvalue weighted by molar-refractivity contribution is -0.105. The van der Waals surface area contributed by atoms with Gasteiger partial charge in [0.2, 0.25) is 6.41 Å². The van der Waals surface area contributed by atoms with Crippen LogP contribution in [0.2, 0.25) is 0 Å². The number of benzene rings is 2. The van der Waals surface area contributed by atoms with Gasteiger partial charge in [-0.05, 0) is 30.7 Å². The Morgan fingerprint density at radius 1 is 1.09 bits per heavy atom. The minimum atomic E-state index is -0.292. The maximum absolute atomic E-state index is 12.1. The fraction of sp³-hybridized carbons (Fsp3) is 0.176. The molecule has 6 heteroatoms. The van der Waals surface area contributed by atoms with E-state index in [-0.39, 0.29) is 12.1 Å². The number of nitrogens with one attached hydrogen (secondary N) is 4. The van der Waals surface area contributed by atoms with Gasteiger partial charge in [0, 0.05) is 12.7 Å². The summed E-state index contributed by atoms with van der Waals surface area (Å²) in [5, 5.41) is 11.2. The van der Waals surface area contributed by atoms with Crippen LogP contribution in [0.25, 0.3) is 0 Å². The van der Waals surface area contributed by atoms with Crippen LogP contribution in [-0.2, 0) is 4.79 Å². The molecular formula is C17H20N4O2. The van der Waals surface area contributed by atoms with Gasteiger partial charge in [0.05, 0.1) is 17.4 Å². The van der Waals surface area contributed by atoms with Crippen molar-refractivity contribution in [1.82, 2.24) is 5.32 Å². The molecule has 2 aromatic rings. The molecule has 0 bridgehead atoms. The third-order valence-electron chi connectivity index (χ3n) is 3.41. The average Bonchev–Trinajstić information content (AvgIpc) is 2.57. The average molecular weight is 312 g/mol. The van der Waals surface area contributed by atoms with E-state index in [4.69, 9.17) is 0 Å². The molecule has 0 aliphatic rings. The topological polar surface area (TPSA) is 82.3 Å². The predicted molar refractivity (Wildman–Crippen MR) is 92.7 cm³/mol. The first-order valence-corrected chi connectivity index (χ1v) is 7.28. The summed E-state index contributed by atoms with van der Waals surface area (Å²) in [5.41, 5.74) is 3.02. The fourth-order valence-electron chi connectivity index (χ4n) is 2.21. The first kappa shape index (κ1) is 16.4. The molecule has 1 atom stereocenters. The minimum absolute atomic E-state index is 0.101. The van der Waals surface area contributed by atoms with Crippen molar-refractivity contribution < 1.29 is 9.59 Å². The van der Waals surface area contributed by atoms with Crippen LogP contribution >= 0.6 is 0 Å². The van der Waals surface area contributed by atoms with Gasteiger partial charge in [-0.15, -0.1) is 0 Å². The van der Waals surface area contributed by atoms with Crippen molar-refractivity contribution in [3.05, 3.63) is 54.1 Å². The molecule has 4 N–H and O–H groups in total. The number of urea groups is 1. The van der Waals surface area contributed by atoms with Gasteiger partial charge in [0.1, 0.15) is 0 Å². The number of hydrogen-bond donors (Lipinski definition) is 4. The number of amides is 3. The lowest BCUT2D eigenvalue weighted by atomic mass is 10.1. The SMILES string of the molecule is CNc1cc(NC(=O)N[C@@H](C)c2ccccc2)ccc1NC=O. The van der Waals surface area contributed by atoms with Crippen LogP contribution in [0.3, 0.4) is 0 Å². The Morgan fingerprint density at radius 2 is 1.83 bits per heavy atom. The van der Waals surface area contributed by atoms with E-state index in [1.807, 2.05) is 37.3 Å². The van der Waals surface area contributed by atoms with Crippen molar-refractivity contribution in [2.75, 3.05) is 23.0 Å². The van der Waals surface area contributed by atoms with E-state index in [9.17, 15) is 9.59 Å². The molecule has 0 heterocycles. The van der Waals surface area contributed by atoms with Gasteiger partial charge in [0.25, 0.3) is 0 Å². The van der Waals surface area contributed by atoms with Crippen molar-refractivity contribution >= 4 is 29.5 Å². The molecule has 0 radical (unpaired) electrons. The van der Waals surface area contributed by atoms with Crippen molar-refractivity contribution in [2.24, 2.45) is 0 Å². The summed E-state index contributed by atoms with van der Waals surface area (Å²) in [6, 6.07) is 14.5. The van der Waals surface area contributed by atoms with Crippen LogP contribution in [0.4, 0.5) is 21.9 Å². The summed E-state index contributed by atoms with van der Waals surface area (Å²) >= 11 is 0. The Bertz CT molecular complexity index is 674. The zero-order valence-electron chi connectivity index (χ0n) is 13.1. The summed E-state index contributed by atoms with van der Waals surface area (Å²) in [6.07, 6.45) is 0.609. The molecule has 2 aromatic carbocycles. The Balaban J connectivity index is 2.01. The summed E-state index contributed by atoms with van der Waals surface area (Å²) in [6.45, 7) is 1.92. The quantitative estimate of drug-likeness (QED) is 0.618. The summed E-state index contributed by atoms with van der Waals surface area (Å²) in [4.78, 5) is 22.6. The molecule has 2 rings (SSSR count). The van der Waals surface area contributed by atoms with E-state index in [2.05, 4.69) is 21.3 Å². The fourth-order valence-corrected chi connectivity index (χ4v) is 2.21. The van der Waals surface area contributed by atoms with Gasteiger partial charge in [-0.3, -0.25) is 4.79 Å². The molecule has 0 aliphatic heterocycles. The van der Waals surface area contributed by atoms with Gasteiger partial charge in [0.15, 0.2) is 0 Å². The molecule has 0 saturated heterocycles. The van der Waals surface area contributed by atoms with Crippen LogP contribution in [0, 0.1) is 0 Å². The normalized spacial score (nSPS) is 11.2. The summed E-state index contributed by atoms with van der Waals surface area (Å²) < 4.78 is 0. The summed E-state index contributed by atoms with van der Waals surface area (Å²) in [7, 11) is 1.74. The molecule has 0 saturated carbocycles. The molecule has 6 nitrogen and oxygen atoms in total. The monoisotopic (exact) mass is 312 g/mol. The first-order chi connectivity index (χ1) is 11.1. The highest BCUT2D eigenvalue weighted by atomic mass is 16.2. The highest BCUT2D eigenvalue weighted by Gasteiger charge is 2.10. The Morgan fingerprint density at radius 3 is 2.48 bits per heavy atom. The zero-order chi connectivity index (χ0) is 16.7. The maximum Gasteiger partial charge on any atom is 0.319 e. The highest BCUT2D eigenvalue weighted by molar-refractivity contribution is 5.92. The van der Waals surface area contributed by atoms with Crippen molar-refractivity contribution in [1.29, 1.82) is 0 Å². The summed E-state index contributed by atoms with van der Waals surface area (Å²) in [5.74, 6) is 0. The number of carbonyl (C=O) groups is 2. The van der Waals surface area contributed by atoms with Crippen LogP contribution in [0.1, 0.15) is 18.5 Å². The van der Waals surface area contributed by atoms with Gasteiger partial charge in [-0.1, -0.05) is 30.3 Å². The minimum Gasteiger partial charge on any atom is -0.386 e. The molecule has 0 aromatic heterocycles. The standard InChI is InChI=1S/C17H20N4O2/c1-12(13-6-4-3-5-7-13)20-17(23)21-14-8-9-15(19-11-22)16(10-14)18-2/h3-12,18H,1-2H3,(H,19,22)(H2,20,21,23)/t12-/m0/s1.